The van der Waals surface area contributed by atoms with Crippen molar-refractivity contribution in [2.45, 2.75) is 0 Å². The monoisotopic (exact) mass is 473 g/mol. The Labute approximate surface area is 215 Å². The van der Waals surface area contributed by atoms with E-state index in [-0.39, 0.29) is 45.8 Å². The average Bonchev–Trinajstić information content (AvgIpc) is 3.12. The summed E-state index contributed by atoms with van der Waals surface area (Å²) in [6, 6.07) is 14.1. The van der Waals surface area contributed by atoms with Gasteiger partial charge in [-0.05, 0) is 42.0 Å². The van der Waals surface area contributed by atoms with Gasteiger partial charge < -0.3 is 20.2 Å². The summed E-state index contributed by atoms with van der Waals surface area (Å²) in [6.45, 7) is 0. The van der Waals surface area contributed by atoms with Gasteiger partial charge in [0, 0.05) is 51.2 Å². The zero-order chi connectivity index (χ0) is 22.0. The van der Waals surface area contributed by atoms with Crippen molar-refractivity contribution in [3.05, 3.63) is 88.3 Å². The zero-order valence-corrected chi connectivity index (χ0v) is 20.4. The van der Waals surface area contributed by atoms with Gasteiger partial charge >= 0.3 is 29.6 Å². The molecule has 0 atom stereocenters. The Hall–Kier alpha value is -2.61. The molecule has 6 nitrogen and oxygen atoms in total. The number of nitrogens with zero attached hydrogens (tertiary/aromatic N) is 1. The molecule has 0 aliphatic heterocycles. The molecule has 2 aromatic carbocycles. The van der Waals surface area contributed by atoms with Crippen molar-refractivity contribution in [2.24, 2.45) is 0 Å². The zero-order valence-electron chi connectivity index (χ0n) is 16.9. The van der Waals surface area contributed by atoms with E-state index in [4.69, 9.17) is 23.2 Å². The van der Waals surface area contributed by atoms with Crippen molar-refractivity contribution in [1.82, 2.24) is 9.97 Å². The molecule has 2 heterocycles. The number of anilines is 1. The Morgan fingerprint density at radius 1 is 1.06 bits per heavy atom. The van der Waals surface area contributed by atoms with E-state index in [0.717, 1.165) is 11.1 Å². The minimum atomic E-state index is -1.42. The smallest absolute Gasteiger partial charge is 0.543 e. The van der Waals surface area contributed by atoms with Gasteiger partial charge in [0.05, 0.1) is 16.7 Å². The molecule has 0 unspecified atom stereocenters. The van der Waals surface area contributed by atoms with Crippen LogP contribution in [0, 0.1) is 0 Å². The molecule has 4 rings (SSSR count). The number of rotatable bonds is 5. The van der Waals surface area contributed by atoms with Crippen LogP contribution < -0.4 is 40.0 Å². The predicted octanol–water partition coefficient (Wildman–Crippen LogP) is 1.56. The van der Waals surface area contributed by atoms with Crippen LogP contribution in [0.5, 0.6) is 0 Å². The average molecular weight is 474 g/mol. The molecule has 0 aliphatic rings. The summed E-state index contributed by atoms with van der Waals surface area (Å²) in [4.78, 5) is 30.8. The Morgan fingerprint density at radius 2 is 1.84 bits per heavy atom. The Morgan fingerprint density at radius 3 is 2.56 bits per heavy atom. The molecule has 0 saturated heterocycles. The number of carboxylic acids is 1. The van der Waals surface area contributed by atoms with Gasteiger partial charge in [0.1, 0.15) is 0 Å². The van der Waals surface area contributed by atoms with E-state index in [2.05, 4.69) is 15.3 Å². The second kappa shape index (κ2) is 10.3. The van der Waals surface area contributed by atoms with Crippen molar-refractivity contribution in [1.29, 1.82) is 0 Å². The number of H-pyrrole nitrogens is 1. The quantitative estimate of drug-likeness (QED) is 0.339. The number of benzene rings is 2. The maximum atomic E-state index is 12.5. The largest absolute Gasteiger partial charge is 1.00 e. The van der Waals surface area contributed by atoms with Crippen LogP contribution in [-0.4, -0.2) is 21.8 Å². The number of pyridine rings is 1. The molecule has 9 heteroatoms. The van der Waals surface area contributed by atoms with Crippen molar-refractivity contribution < 1.29 is 44.3 Å². The topological polar surface area (TPSA) is 97.9 Å². The molecule has 0 aliphatic carbocycles. The molecule has 0 spiro atoms. The molecule has 2 N–H and O–H groups in total. The number of halogens is 2. The molecular formula is C23H14Cl2N3NaO3. The van der Waals surface area contributed by atoms with E-state index in [1.807, 2.05) is 30.3 Å². The number of nitrogens with one attached hydrogen (secondary N) is 2. The molecule has 2 aromatic heterocycles. The predicted molar refractivity (Wildman–Crippen MR) is 120 cm³/mol. The summed E-state index contributed by atoms with van der Waals surface area (Å²) in [5.41, 5.74) is 2.87. The number of amides is 1. The number of fused-ring (bicyclic) bond motifs is 1. The summed E-state index contributed by atoms with van der Waals surface area (Å²) >= 11 is 12.2. The minimum Gasteiger partial charge on any atom is -0.543 e. The number of aromatic nitrogens is 2. The fourth-order valence-electron chi connectivity index (χ4n) is 3.25. The van der Waals surface area contributed by atoms with Gasteiger partial charge in [-0.25, -0.2) is 0 Å². The van der Waals surface area contributed by atoms with Crippen LogP contribution in [0.15, 0.2) is 67.0 Å². The summed E-state index contributed by atoms with van der Waals surface area (Å²) in [5, 5.41) is 15.3. The number of hydrogen-bond donors (Lipinski definition) is 2. The standard InChI is InChI=1S/C23H15Cl2N3O3.Na/c24-15-10-18(25)21-17(22(23(30)31)28-19(21)11-15)6-7-20(29)27-16-5-1-3-13(9-16)14-4-2-8-26-12-14;/h1-12,28H,(H,27,29)(H,30,31);/q;+1/p-1/b7-6+;. The van der Waals surface area contributed by atoms with Gasteiger partial charge in [-0.1, -0.05) is 41.4 Å². The van der Waals surface area contributed by atoms with Gasteiger partial charge in [-0.15, -0.1) is 0 Å². The van der Waals surface area contributed by atoms with Crippen LogP contribution in [0.4, 0.5) is 5.69 Å². The number of aromatic carboxylic acids is 1. The van der Waals surface area contributed by atoms with Gasteiger partial charge in [-0.2, -0.15) is 0 Å². The Bertz CT molecular complexity index is 1340. The second-order valence-electron chi connectivity index (χ2n) is 6.66. The molecule has 0 saturated carbocycles. The summed E-state index contributed by atoms with van der Waals surface area (Å²) in [7, 11) is 0. The van der Waals surface area contributed by atoms with Gasteiger partial charge in [-0.3, -0.25) is 9.78 Å². The van der Waals surface area contributed by atoms with Gasteiger partial charge in [0.2, 0.25) is 5.91 Å². The number of carbonyl (C=O) groups excluding carboxylic acids is 2. The summed E-state index contributed by atoms with van der Waals surface area (Å²) < 4.78 is 0. The first-order valence-electron chi connectivity index (χ1n) is 9.14. The molecule has 154 valence electrons. The van der Waals surface area contributed by atoms with Crippen LogP contribution in [-0.2, 0) is 4.79 Å². The SMILES string of the molecule is O=C(/C=C/c1c(C(=O)[O-])[nH]c2cc(Cl)cc(Cl)c12)Nc1cccc(-c2cccnc2)c1.[Na+]. The molecule has 32 heavy (non-hydrogen) atoms. The minimum absolute atomic E-state index is 0. The third kappa shape index (κ3) is 5.23. The van der Waals surface area contributed by atoms with E-state index in [1.54, 1.807) is 24.5 Å². The van der Waals surface area contributed by atoms with Gasteiger partial charge in [0.15, 0.2) is 0 Å². The Balaban J connectivity index is 0.00000289. The van der Waals surface area contributed by atoms with Crippen LogP contribution in [0.1, 0.15) is 16.1 Å². The van der Waals surface area contributed by atoms with Crippen LogP contribution >= 0.6 is 23.2 Å². The van der Waals surface area contributed by atoms with E-state index in [0.29, 0.717) is 21.6 Å². The fourth-order valence-corrected chi connectivity index (χ4v) is 3.85. The van der Waals surface area contributed by atoms with E-state index in [1.165, 1.54) is 18.2 Å². The molecular weight excluding hydrogens is 460 g/mol. The molecule has 0 radical (unpaired) electrons. The van der Waals surface area contributed by atoms with Crippen LogP contribution in [0.2, 0.25) is 10.0 Å². The summed E-state index contributed by atoms with van der Waals surface area (Å²) in [5.74, 6) is -1.86. The molecule has 0 fully saturated rings. The summed E-state index contributed by atoms with van der Waals surface area (Å²) in [6.07, 6.45) is 6.03. The number of carboxylic acid groups (broad SMARTS) is 1. The van der Waals surface area contributed by atoms with E-state index < -0.39 is 11.9 Å². The first kappa shape index (κ1) is 24.0. The van der Waals surface area contributed by atoms with Crippen molar-refractivity contribution in [2.75, 3.05) is 5.32 Å². The third-order valence-corrected chi connectivity index (χ3v) is 5.10. The molecule has 4 aromatic rings. The first-order valence-corrected chi connectivity index (χ1v) is 9.89. The second-order valence-corrected chi connectivity index (χ2v) is 7.50. The number of hydrogen-bond acceptors (Lipinski definition) is 4. The maximum Gasteiger partial charge on any atom is 1.00 e. The molecule has 0 bridgehead atoms. The van der Waals surface area contributed by atoms with Gasteiger partial charge in [0.25, 0.3) is 0 Å². The normalized spacial score (nSPS) is 10.8. The van der Waals surface area contributed by atoms with Crippen LogP contribution in [0.25, 0.3) is 28.1 Å². The Kier molecular flexibility index (Phi) is 7.77. The van der Waals surface area contributed by atoms with Crippen molar-refractivity contribution in [3.8, 4) is 11.1 Å². The maximum absolute atomic E-state index is 12.5. The number of aromatic amines is 1. The van der Waals surface area contributed by atoms with Crippen molar-refractivity contribution >= 4 is 57.7 Å². The molecule has 1 amide bonds. The first-order chi connectivity index (χ1) is 14.9. The fraction of sp³-hybridized carbons (Fsp3) is 0. The van der Waals surface area contributed by atoms with Crippen molar-refractivity contribution in [3.63, 3.8) is 0 Å². The van der Waals surface area contributed by atoms with E-state index in [9.17, 15) is 14.7 Å². The number of carbonyl (C=O) groups is 2. The van der Waals surface area contributed by atoms with Crippen LogP contribution in [0.3, 0.4) is 0 Å². The van der Waals surface area contributed by atoms with E-state index >= 15 is 0 Å². The third-order valence-electron chi connectivity index (χ3n) is 4.58.